The summed E-state index contributed by atoms with van der Waals surface area (Å²) in [6.07, 6.45) is 2.34. The van der Waals surface area contributed by atoms with Crippen LogP contribution < -0.4 is 4.74 Å². The third-order valence-electron chi connectivity index (χ3n) is 2.27. The smallest absolute Gasteiger partial charge is 0.324 e. The van der Waals surface area contributed by atoms with Gasteiger partial charge < -0.3 is 9.15 Å². The highest BCUT2D eigenvalue weighted by atomic mass is 127. The number of alkyl halides is 1. The SMILES string of the molecule is CCC(I)C(=O)Oc1cccc2ccoc12. The van der Waals surface area contributed by atoms with Crippen molar-refractivity contribution in [3.63, 3.8) is 0 Å². The summed E-state index contributed by atoms with van der Waals surface area (Å²) in [6, 6.07) is 7.34. The van der Waals surface area contributed by atoms with Crippen molar-refractivity contribution in [2.24, 2.45) is 0 Å². The van der Waals surface area contributed by atoms with Crippen LogP contribution in [0.1, 0.15) is 13.3 Å². The summed E-state index contributed by atoms with van der Waals surface area (Å²) in [4.78, 5) is 11.6. The Morgan fingerprint density at radius 1 is 1.50 bits per heavy atom. The number of hydrogen-bond acceptors (Lipinski definition) is 3. The normalized spacial score (nSPS) is 12.6. The maximum atomic E-state index is 11.6. The number of carbonyl (C=O) groups is 1. The first kappa shape index (κ1) is 11.4. The maximum Gasteiger partial charge on any atom is 0.324 e. The van der Waals surface area contributed by atoms with E-state index in [0.717, 1.165) is 11.8 Å². The number of benzene rings is 1. The molecule has 0 fully saturated rings. The zero-order valence-electron chi connectivity index (χ0n) is 8.77. The van der Waals surface area contributed by atoms with Gasteiger partial charge in [0.15, 0.2) is 11.3 Å². The lowest BCUT2D eigenvalue weighted by Crippen LogP contribution is -2.19. The minimum Gasteiger partial charge on any atom is -0.460 e. The van der Waals surface area contributed by atoms with Crippen LogP contribution >= 0.6 is 22.6 Å². The molecule has 0 spiro atoms. The Kier molecular flexibility index (Phi) is 3.48. The van der Waals surface area contributed by atoms with E-state index < -0.39 is 0 Å². The van der Waals surface area contributed by atoms with Crippen molar-refractivity contribution in [2.75, 3.05) is 0 Å². The zero-order valence-corrected chi connectivity index (χ0v) is 10.9. The van der Waals surface area contributed by atoms with Gasteiger partial charge in [0.25, 0.3) is 0 Å². The number of carbonyl (C=O) groups excluding carboxylic acids is 1. The lowest BCUT2D eigenvalue weighted by molar-refractivity contribution is -0.133. The predicted octanol–water partition coefficient (Wildman–Crippen LogP) is 3.55. The fraction of sp³-hybridized carbons (Fsp3) is 0.250. The highest BCUT2D eigenvalue weighted by Gasteiger charge is 2.16. The minimum atomic E-state index is -0.230. The van der Waals surface area contributed by atoms with E-state index in [2.05, 4.69) is 22.6 Å². The van der Waals surface area contributed by atoms with Crippen LogP contribution in [-0.4, -0.2) is 9.89 Å². The van der Waals surface area contributed by atoms with Crippen molar-refractivity contribution in [1.29, 1.82) is 0 Å². The molecule has 1 aromatic heterocycles. The number of hydrogen-bond donors (Lipinski definition) is 0. The summed E-state index contributed by atoms with van der Waals surface area (Å²) >= 11 is 2.08. The fourth-order valence-electron chi connectivity index (χ4n) is 1.38. The monoisotopic (exact) mass is 330 g/mol. The Bertz CT molecular complexity index is 504. The lowest BCUT2D eigenvalue weighted by atomic mass is 10.2. The van der Waals surface area contributed by atoms with Gasteiger partial charge in [0.1, 0.15) is 3.92 Å². The van der Waals surface area contributed by atoms with E-state index in [-0.39, 0.29) is 9.89 Å². The van der Waals surface area contributed by atoms with E-state index in [0.29, 0.717) is 11.3 Å². The molecule has 0 aliphatic carbocycles. The van der Waals surface area contributed by atoms with Crippen molar-refractivity contribution >= 4 is 39.5 Å². The highest BCUT2D eigenvalue weighted by Crippen LogP contribution is 2.27. The van der Waals surface area contributed by atoms with Gasteiger partial charge in [-0.3, -0.25) is 4.79 Å². The highest BCUT2D eigenvalue weighted by molar-refractivity contribution is 14.1. The van der Waals surface area contributed by atoms with Gasteiger partial charge >= 0.3 is 5.97 Å². The number of esters is 1. The average Bonchev–Trinajstić information content (AvgIpc) is 2.77. The molecule has 1 atom stereocenters. The molecule has 1 heterocycles. The first-order chi connectivity index (χ1) is 7.72. The standard InChI is InChI=1S/C12H11IO3/c1-2-9(13)12(14)16-10-5-3-4-8-6-7-15-11(8)10/h3-7,9H,2H2,1H3. The van der Waals surface area contributed by atoms with Crippen LogP contribution in [0.4, 0.5) is 0 Å². The van der Waals surface area contributed by atoms with Crippen LogP contribution in [0.25, 0.3) is 11.0 Å². The van der Waals surface area contributed by atoms with E-state index in [1.807, 2.05) is 25.1 Å². The van der Waals surface area contributed by atoms with Crippen LogP contribution in [-0.2, 0) is 4.79 Å². The molecule has 0 saturated carbocycles. The van der Waals surface area contributed by atoms with E-state index in [9.17, 15) is 4.79 Å². The van der Waals surface area contributed by atoms with Crippen molar-refractivity contribution < 1.29 is 13.9 Å². The molecule has 2 aromatic rings. The zero-order chi connectivity index (χ0) is 11.5. The summed E-state index contributed by atoms with van der Waals surface area (Å²) in [6.45, 7) is 1.95. The van der Waals surface area contributed by atoms with Crippen molar-refractivity contribution in [3.05, 3.63) is 30.5 Å². The van der Waals surface area contributed by atoms with Gasteiger partial charge in [-0.15, -0.1) is 0 Å². The molecule has 0 saturated heterocycles. The summed E-state index contributed by atoms with van der Waals surface area (Å²) in [5.74, 6) is 0.259. The molecule has 1 unspecified atom stereocenters. The van der Waals surface area contributed by atoms with E-state index in [4.69, 9.17) is 9.15 Å². The Hall–Kier alpha value is -1.04. The van der Waals surface area contributed by atoms with Crippen molar-refractivity contribution in [3.8, 4) is 5.75 Å². The van der Waals surface area contributed by atoms with E-state index in [1.165, 1.54) is 0 Å². The Balaban J connectivity index is 2.27. The average molecular weight is 330 g/mol. The summed E-state index contributed by atoms with van der Waals surface area (Å²) in [5, 5.41) is 0.937. The van der Waals surface area contributed by atoms with Crippen LogP contribution in [0.2, 0.25) is 0 Å². The summed E-state index contributed by atoms with van der Waals surface area (Å²) in [5.41, 5.74) is 0.621. The van der Waals surface area contributed by atoms with Gasteiger partial charge in [0.2, 0.25) is 0 Å². The second-order valence-corrected chi connectivity index (χ2v) is 4.90. The second-order valence-electron chi connectivity index (χ2n) is 3.39. The number of para-hydroxylation sites is 1. The Labute approximate surface area is 107 Å². The number of halogens is 1. The maximum absolute atomic E-state index is 11.6. The lowest BCUT2D eigenvalue weighted by Gasteiger charge is -2.07. The minimum absolute atomic E-state index is 0.122. The van der Waals surface area contributed by atoms with Gasteiger partial charge in [-0.1, -0.05) is 41.6 Å². The van der Waals surface area contributed by atoms with Crippen LogP contribution in [0, 0.1) is 0 Å². The topological polar surface area (TPSA) is 39.4 Å². The van der Waals surface area contributed by atoms with Crippen LogP contribution in [0.5, 0.6) is 5.75 Å². The third kappa shape index (κ3) is 2.21. The largest absolute Gasteiger partial charge is 0.460 e. The molecule has 0 amide bonds. The van der Waals surface area contributed by atoms with Gasteiger partial charge in [-0.2, -0.15) is 0 Å². The van der Waals surface area contributed by atoms with E-state index in [1.54, 1.807) is 12.3 Å². The Morgan fingerprint density at radius 2 is 2.31 bits per heavy atom. The number of rotatable bonds is 3. The first-order valence-corrected chi connectivity index (χ1v) is 6.29. The molecule has 2 rings (SSSR count). The molecular formula is C12H11IO3. The number of ether oxygens (including phenoxy) is 1. The molecule has 0 N–H and O–H groups in total. The van der Waals surface area contributed by atoms with Gasteiger partial charge in [0, 0.05) is 5.39 Å². The molecule has 16 heavy (non-hydrogen) atoms. The number of fused-ring (bicyclic) bond motifs is 1. The summed E-state index contributed by atoms with van der Waals surface area (Å²) in [7, 11) is 0. The van der Waals surface area contributed by atoms with Gasteiger partial charge in [-0.05, 0) is 18.6 Å². The molecule has 84 valence electrons. The molecule has 1 aromatic carbocycles. The van der Waals surface area contributed by atoms with E-state index >= 15 is 0 Å². The second kappa shape index (κ2) is 4.86. The number of furan rings is 1. The Morgan fingerprint density at radius 3 is 3.06 bits per heavy atom. The quantitative estimate of drug-likeness (QED) is 0.374. The van der Waals surface area contributed by atoms with Gasteiger partial charge in [0.05, 0.1) is 6.26 Å². The first-order valence-electron chi connectivity index (χ1n) is 5.04. The van der Waals surface area contributed by atoms with Crippen LogP contribution in [0.3, 0.4) is 0 Å². The van der Waals surface area contributed by atoms with Gasteiger partial charge in [-0.25, -0.2) is 0 Å². The van der Waals surface area contributed by atoms with Crippen molar-refractivity contribution in [2.45, 2.75) is 17.3 Å². The van der Waals surface area contributed by atoms with Crippen LogP contribution in [0.15, 0.2) is 34.9 Å². The summed E-state index contributed by atoms with van der Waals surface area (Å²) < 4.78 is 10.5. The van der Waals surface area contributed by atoms with Crippen molar-refractivity contribution in [1.82, 2.24) is 0 Å². The molecular weight excluding hydrogens is 319 g/mol. The molecule has 3 nitrogen and oxygen atoms in total. The third-order valence-corrected chi connectivity index (χ3v) is 3.66. The molecule has 0 bridgehead atoms. The predicted molar refractivity (Wildman–Crippen MR) is 69.9 cm³/mol. The molecule has 0 radical (unpaired) electrons. The molecule has 0 aliphatic rings. The molecule has 0 aliphatic heterocycles. The molecule has 4 heteroatoms. The fourth-order valence-corrected chi connectivity index (χ4v) is 1.51.